The lowest BCUT2D eigenvalue weighted by Crippen LogP contribution is -2.54. The summed E-state index contributed by atoms with van der Waals surface area (Å²) in [5.41, 5.74) is -0.226. The fourth-order valence-corrected chi connectivity index (χ4v) is 4.85. The topological polar surface area (TPSA) is 101 Å². The van der Waals surface area contributed by atoms with Crippen molar-refractivity contribution in [1.29, 1.82) is 0 Å². The van der Waals surface area contributed by atoms with Gasteiger partial charge in [0.05, 0.1) is 17.3 Å². The number of halogens is 2. The van der Waals surface area contributed by atoms with Crippen LogP contribution in [0.25, 0.3) is 10.9 Å². The van der Waals surface area contributed by atoms with Crippen LogP contribution in [0.1, 0.15) is 13.8 Å². The van der Waals surface area contributed by atoms with Crippen LogP contribution in [0.15, 0.2) is 35.3 Å². The van der Waals surface area contributed by atoms with E-state index in [9.17, 15) is 14.0 Å². The molecule has 15 heteroatoms. The standard InChI is InChI=1S/C24H32B4ClFN6O3/c1-12-9-36(10-13(2)23(12,25)30)22-31-8-16(29)20(33-22)32-15-4-5-17-14(6-15)7-18(21(38)35(17)3)39-11-19(37)34-24(26,27)28/h4-8,12-13H,9-11,25-28H2,1-3H3,(H,34,37)(H,31,32,33)/t12-,13+,23?. The number of hydrogen-bond donors (Lipinski definition) is 2. The number of pyridine rings is 1. The van der Waals surface area contributed by atoms with Crippen molar-refractivity contribution in [2.24, 2.45) is 18.9 Å². The van der Waals surface area contributed by atoms with Crippen molar-refractivity contribution in [1.82, 2.24) is 19.9 Å². The molecule has 39 heavy (non-hydrogen) atoms. The Morgan fingerprint density at radius 3 is 2.56 bits per heavy atom. The molecule has 0 bridgehead atoms. The van der Waals surface area contributed by atoms with E-state index < -0.39 is 10.8 Å². The summed E-state index contributed by atoms with van der Waals surface area (Å²) >= 11 is 6.42. The largest absolute Gasteiger partial charge is 0.478 e. The fourth-order valence-electron chi connectivity index (χ4n) is 4.71. The lowest BCUT2D eigenvalue weighted by molar-refractivity contribution is -0.123. The van der Waals surface area contributed by atoms with Crippen molar-refractivity contribution >= 4 is 77.2 Å². The summed E-state index contributed by atoms with van der Waals surface area (Å²) in [7, 11) is 8.91. The van der Waals surface area contributed by atoms with E-state index in [0.717, 1.165) is 5.39 Å². The predicted molar refractivity (Wildman–Crippen MR) is 164 cm³/mol. The first kappa shape index (κ1) is 28.9. The van der Waals surface area contributed by atoms with Crippen molar-refractivity contribution in [3.8, 4) is 5.75 Å². The number of ether oxygens (including phenoxy) is 1. The molecule has 2 N–H and O–H groups in total. The number of nitrogens with zero attached hydrogens (tertiary/aromatic N) is 4. The Morgan fingerprint density at radius 2 is 1.92 bits per heavy atom. The number of benzene rings is 1. The molecule has 1 unspecified atom stereocenters. The molecular weight excluding hydrogens is 518 g/mol. The van der Waals surface area contributed by atoms with E-state index in [4.69, 9.17) is 16.3 Å². The summed E-state index contributed by atoms with van der Waals surface area (Å²) in [6.45, 7) is 4.52. The molecule has 9 nitrogen and oxygen atoms in total. The van der Waals surface area contributed by atoms with Gasteiger partial charge < -0.3 is 24.8 Å². The van der Waals surface area contributed by atoms with Crippen molar-refractivity contribution in [3.05, 3.63) is 45.8 Å². The summed E-state index contributed by atoms with van der Waals surface area (Å²) in [5, 5.41) is 6.70. The highest BCUT2D eigenvalue weighted by atomic mass is 35.5. The third kappa shape index (κ3) is 6.37. The molecular formula is C24H32B4ClFN6O3. The second-order valence-corrected chi connectivity index (χ2v) is 12.0. The minimum atomic E-state index is -1.26. The predicted octanol–water partition coefficient (Wildman–Crippen LogP) is -0.878. The van der Waals surface area contributed by atoms with Crippen molar-refractivity contribution < 1.29 is 13.9 Å². The fraction of sp³-hybridized carbons (Fsp3) is 0.417. The molecule has 1 aromatic carbocycles. The second kappa shape index (κ2) is 10.8. The van der Waals surface area contributed by atoms with Gasteiger partial charge in [-0.2, -0.15) is 4.98 Å². The number of rotatable bonds is 7. The molecule has 3 atom stereocenters. The summed E-state index contributed by atoms with van der Waals surface area (Å²) in [5.74, 6) is 0.281. The summed E-state index contributed by atoms with van der Waals surface area (Å²) < 4.78 is 22.1. The van der Waals surface area contributed by atoms with Gasteiger partial charge in [0.15, 0.2) is 26.0 Å². The molecule has 0 radical (unpaired) electrons. The Hall–Kier alpha value is -3.14. The number of nitrogens with one attached hydrogen (secondary N) is 2. The minimum Gasteiger partial charge on any atom is -0.478 e. The van der Waals surface area contributed by atoms with Gasteiger partial charge in [-0.1, -0.05) is 25.4 Å². The van der Waals surface area contributed by atoms with Crippen LogP contribution in [0.4, 0.5) is 21.8 Å². The van der Waals surface area contributed by atoms with E-state index in [1.54, 1.807) is 27.0 Å². The van der Waals surface area contributed by atoms with Crippen LogP contribution >= 0.6 is 11.6 Å². The lowest BCUT2D eigenvalue weighted by atomic mass is 9.49. The maximum Gasteiger partial charge on any atom is 0.293 e. The maximum absolute atomic E-state index is 15.0. The zero-order valence-corrected chi connectivity index (χ0v) is 24.2. The summed E-state index contributed by atoms with van der Waals surface area (Å²) in [4.78, 5) is 36.0. The van der Waals surface area contributed by atoms with E-state index >= 15 is 0 Å². The van der Waals surface area contributed by atoms with Crippen LogP contribution in [0, 0.1) is 11.8 Å². The van der Waals surface area contributed by atoms with Crippen LogP contribution in [-0.2, 0) is 11.8 Å². The molecule has 1 saturated heterocycles. The Kier molecular flexibility index (Phi) is 7.98. The van der Waals surface area contributed by atoms with Crippen LogP contribution in [0.5, 0.6) is 5.75 Å². The third-order valence-corrected chi connectivity index (χ3v) is 7.53. The number of carbonyl (C=O) groups excluding carboxylic acids is 1. The Balaban J connectivity index is 1.58. The van der Waals surface area contributed by atoms with Gasteiger partial charge >= 0.3 is 0 Å². The zero-order chi connectivity index (χ0) is 28.7. The Bertz CT molecular complexity index is 1450. The Morgan fingerprint density at radius 1 is 1.26 bits per heavy atom. The van der Waals surface area contributed by atoms with Crippen LogP contribution in [0.3, 0.4) is 0 Å². The van der Waals surface area contributed by atoms with Crippen LogP contribution in [-0.4, -0.2) is 82.3 Å². The van der Waals surface area contributed by atoms with Crippen molar-refractivity contribution in [3.63, 3.8) is 0 Å². The minimum absolute atomic E-state index is 0.0711. The smallest absolute Gasteiger partial charge is 0.293 e. The summed E-state index contributed by atoms with van der Waals surface area (Å²) in [6, 6.07) is 7.08. The summed E-state index contributed by atoms with van der Waals surface area (Å²) in [6.07, 6.45) is 1.53. The molecule has 0 spiro atoms. The molecule has 0 aliphatic carbocycles. The molecule has 1 aliphatic heterocycles. The number of hydrogen-bond acceptors (Lipinski definition) is 7. The first-order chi connectivity index (χ1) is 18.2. The average molecular weight is 550 g/mol. The molecule has 0 saturated carbocycles. The van der Waals surface area contributed by atoms with E-state index in [1.165, 1.54) is 10.8 Å². The molecule has 2 aromatic heterocycles. The number of amides is 1. The number of fused-ring (bicyclic) bond motifs is 1. The number of carbonyl (C=O) groups is 1. The van der Waals surface area contributed by atoms with Gasteiger partial charge in [-0.05, 0) is 41.3 Å². The second-order valence-electron chi connectivity index (χ2n) is 11.6. The highest BCUT2D eigenvalue weighted by Crippen LogP contribution is 2.35. The number of piperidine rings is 1. The van der Waals surface area contributed by atoms with Crippen molar-refractivity contribution in [2.75, 3.05) is 29.9 Å². The zero-order valence-electron chi connectivity index (χ0n) is 23.4. The van der Waals surface area contributed by atoms with Crippen LogP contribution in [0.2, 0.25) is 5.02 Å². The first-order valence-corrected chi connectivity index (χ1v) is 13.3. The van der Waals surface area contributed by atoms with Gasteiger partial charge in [-0.15, -0.1) is 0 Å². The van der Waals surface area contributed by atoms with Crippen LogP contribution < -0.4 is 25.8 Å². The molecule has 3 aromatic rings. The van der Waals surface area contributed by atoms with E-state index in [0.29, 0.717) is 41.1 Å². The van der Waals surface area contributed by atoms with Gasteiger partial charge in [0, 0.05) is 31.2 Å². The normalized spacial score (nSPS) is 21.5. The van der Waals surface area contributed by atoms with Gasteiger partial charge in [-0.3, -0.25) is 14.0 Å². The quantitative estimate of drug-likeness (QED) is 0.369. The molecule has 3 heterocycles. The molecule has 202 valence electrons. The highest BCUT2D eigenvalue weighted by Gasteiger charge is 2.42. The van der Waals surface area contributed by atoms with E-state index in [1.807, 2.05) is 54.4 Å². The number of anilines is 3. The van der Waals surface area contributed by atoms with Gasteiger partial charge in [0.2, 0.25) is 5.95 Å². The third-order valence-electron chi connectivity index (χ3n) is 7.26. The molecule has 1 amide bonds. The van der Waals surface area contributed by atoms with E-state index in [-0.39, 0.29) is 35.7 Å². The lowest BCUT2D eigenvalue weighted by Gasteiger charge is -2.44. The number of aromatic nitrogens is 3. The average Bonchev–Trinajstić information content (AvgIpc) is 2.84. The highest BCUT2D eigenvalue weighted by molar-refractivity contribution is 6.59. The van der Waals surface area contributed by atoms with E-state index in [2.05, 4.69) is 20.6 Å². The van der Waals surface area contributed by atoms with Gasteiger partial charge in [-0.25, -0.2) is 4.98 Å². The van der Waals surface area contributed by atoms with Gasteiger partial charge in [0.1, 0.15) is 28.6 Å². The SMILES string of the molecule is BC(B)(B)NC(=O)COc1cc2cc(Nc3nc(N4C[C@@H](C)C(B)(F)[C@@H](C)C4)ncc3Cl)ccc2n(C)c1=O. The maximum atomic E-state index is 15.0. The number of alkyl halides is 1. The molecule has 1 fully saturated rings. The first-order valence-electron chi connectivity index (χ1n) is 13.0. The Labute approximate surface area is 235 Å². The number of aryl methyl sites for hydroxylation is 1. The molecule has 1 aliphatic rings. The van der Waals surface area contributed by atoms with Gasteiger partial charge in [0.25, 0.3) is 11.5 Å². The monoisotopic (exact) mass is 550 g/mol. The molecule has 4 rings (SSSR count). The van der Waals surface area contributed by atoms with Crippen molar-refractivity contribution in [2.45, 2.75) is 24.7 Å².